The predicted molar refractivity (Wildman–Crippen MR) is 81.4 cm³/mol. The van der Waals surface area contributed by atoms with Crippen LogP contribution in [-0.4, -0.2) is 55.2 Å². The molecule has 2 atom stereocenters. The number of benzene rings is 1. The van der Waals surface area contributed by atoms with Gasteiger partial charge in [-0.1, -0.05) is 6.07 Å². The Morgan fingerprint density at radius 3 is 2.85 bits per heavy atom. The van der Waals surface area contributed by atoms with E-state index in [1.807, 2.05) is 12.1 Å². The molecular weight excluding hydrogens is 252 g/mol. The maximum atomic E-state index is 9.71. The minimum absolute atomic E-state index is 0.203. The fraction of sp³-hybridized carbons (Fsp3) is 0.625. The van der Waals surface area contributed by atoms with Crippen molar-refractivity contribution in [3.8, 4) is 11.5 Å². The van der Waals surface area contributed by atoms with Gasteiger partial charge in [0.05, 0.1) is 7.11 Å². The van der Waals surface area contributed by atoms with Gasteiger partial charge >= 0.3 is 0 Å². The van der Waals surface area contributed by atoms with Crippen molar-refractivity contribution in [1.82, 2.24) is 9.80 Å². The van der Waals surface area contributed by atoms with E-state index in [2.05, 4.69) is 30.8 Å². The summed E-state index contributed by atoms with van der Waals surface area (Å²) in [6.45, 7) is 4.47. The summed E-state index contributed by atoms with van der Waals surface area (Å²) in [6.07, 6.45) is 2.52. The standard InChI is InChI=1S/C16H26N2O2/c1-12(13-7-8-15(19)16(10-13)20-4)18-9-5-6-14(18)11-17(2)3/h7-8,10,12,14,19H,5-6,9,11H2,1-4H3. The summed E-state index contributed by atoms with van der Waals surface area (Å²) in [6, 6.07) is 6.62. The molecule has 2 rings (SSSR count). The van der Waals surface area contributed by atoms with E-state index >= 15 is 0 Å². The number of ether oxygens (including phenoxy) is 1. The van der Waals surface area contributed by atoms with Gasteiger partial charge in [0, 0.05) is 18.6 Å². The Bertz CT molecular complexity index is 448. The third-order valence-electron chi connectivity index (χ3n) is 4.18. The molecule has 1 aromatic carbocycles. The Kier molecular flexibility index (Phi) is 4.89. The molecule has 1 aromatic rings. The minimum atomic E-state index is 0.203. The second-order valence-electron chi connectivity index (χ2n) is 5.90. The number of likely N-dealkylation sites (N-methyl/N-ethyl adjacent to an activating group) is 1. The first-order valence-electron chi connectivity index (χ1n) is 7.30. The van der Waals surface area contributed by atoms with Crippen LogP contribution >= 0.6 is 0 Å². The Balaban J connectivity index is 2.15. The average molecular weight is 278 g/mol. The summed E-state index contributed by atoms with van der Waals surface area (Å²) in [4.78, 5) is 4.82. The monoisotopic (exact) mass is 278 g/mol. The molecule has 0 aliphatic carbocycles. The zero-order valence-electron chi connectivity index (χ0n) is 13.0. The molecule has 0 saturated carbocycles. The summed E-state index contributed by atoms with van der Waals surface area (Å²) >= 11 is 0. The van der Waals surface area contributed by atoms with Crippen LogP contribution in [0.15, 0.2) is 18.2 Å². The van der Waals surface area contributed by atoms with Crippen LogP contribution in [0.4, 0.5) is 0 Å². The summed E-state index contributed by atoms with van der Waals surface area (Å²) in [5.74, 6) is 0.757. The smallest absolute Gasteiger partial charge is 0.160 e. The maximum absolute atomic E-state index is 9.71. The van der Waals surface area contributed by atoms with Crippen molar-refractivity contribution in [2.24, 2.45) is 0 Å². The van der Waals surface area contributed by atoms with E-state index < -0.39 is 0 Å². The van der Waals surface area contributed by atoms with Crippen molar-refractivity contribution in [2.45, 2.75) is 31.8 Å². The lowest BCUT2D eigenvalue weighted by Gasteiger charge is -2.32. The first-order valence-corrected chi connectivity index (χ1v) is 7.30. The van der Waals surface area contributed by atoms with E-state index in [1.165, 1.54) is 18.4 Å². The van der Waals surface area contributed by atoms with Crippen LogP contribution in [0.25, 0.3) is 0 Å². The number of phenols is 1. The predicted octanol–water partition coefficient (Wildman–Crippen LogP) is 2.49. The van der Waals surface area contributed by atoms with E-state index in [9.17, 15) is 5.11 Å². The van der Waals surface area contributed by atoms with Gasteiger partial charge in [-0.25, -0.2) is 0 Å². The van der Waals surface area contributed by atoms with E-state index in [1.54, 1.807) is 13.2 Å². The van der Waals surface area contributed by atoms with Crippen molar-refractivity contribution in [3.63, 3.8) is 0 Å². The van der Waals surface area contributed by atoms with Gasteiger partial charge in [-0.05, 0) is 58.1 Å². The van der Waals surface area contributed by atoms with Gasteiger partial charge in [-0.15, -0.1) is 0 Å². The molecule has 1 aliphatic rings. The van der Waals surface area contributed by atoms with Crippen molar-refractivity contribution < 1.29 is 9.84 Å². The molecule has 0 bridgehead atoms. The molecule has 112 valence electrons. The van der Waals surface area contributed by atoms with Crippen LogP contribution in [0.5, 0.6) is 11.5 Å². The van der Waals surface area contributed by atoms with E-state index in [4.69, 9.17) is 4.74 Å². The summed E-state index contributed by atoms with van der Waals surface area (Å²) < 4.78 is 5.21. The molecule has 0 radical (unpaired) electrons. The lowest BCUT2D eigenvalue weighted by Crippen LogP contribution is -2.38. The molecule has 1 aliphatic heterocycles. The topological polar surface area (TPSA) is 35.9 Å². The third-order valence-corrected chi connectivity index (χ3v) is 4.18. The van der Waals surface area contributed by atoms with Gasteiger partial charge < -0.3 is 14.7 Å². The SMILES string of the molecule is COc1cc(C(C)N2CCCC2CN(C)C)ccc1O. The highest BCUT2D eigenvalue weighted by Gasteiger charge is 2.29. The number of rotatable bonds is 5. The lowest BCUT2D eigenvalue weighted by molar-refractivity contribution is 0.162. The number of likely N-dealkylation sites (tertiary alicyclic amines) is 1. The Morgan fingerprint density at radius 2 is 2.20 bits per heavy atom. The molecule has 1 saturated heterocycles. The van der Waals surface area contributed by atoms with E-state index in [-0.39, 0.29) is 5.75 Å². The van der Waals surface area contributed by atoms with E-state index in [0.29, 0.717) is 17.8 Å². The first-order chi connectivity index (χ1) is 9.52. The Morgan fingerprint density at radius 1 is 1.45 bits per heavy atom. The summed E-state index contributed by atoms with van der Waals surface area (Å²) in [7, 11) is 5.85. The molecule has 0 aromatic heterocycles. The maximum Gasteiger partial charge on any atom is 0.160 e. The number of hydrogen-bond donors (Lipinski definition) is 1. The van der Waals surface area contributed by atoms with Crippen LogP contribution in [0, 0.1) is 0 Å². The molecule has 0 spiro atoms. The fourth-order valence-electron chi connectivity index (χ4n) is 3.13. The molecule has 20 heavy (non-hydrogen) atoms. The number of nitrogens with zero attached hydrogens (tertiary/aromatic N) is 2. The number of aromatic hydroxyl groups is 1. The van der Waals surface area contributed by atoms with Gasteiger partial charge in [0.25, 0.3) is 0 Å². The lowest BCUT2D eigenvalue weighted by atomic mass is 10.0. The van der Waals surface area contributed by atoms with Crippen molar-refractivity contribution in [2.75, 3.05) is 34.3 Å². The first kappa shape index (κ1) is 15.1. The van der Waals surface area contributed by atoms with Gasteiger partial charge in [0.2, 0.25) is 0 Å². The molecule has 4 heteroatoms. The molecule has 1 heterocycles. The van der Waals surface area contributed by atoms with Gasteiger partial charge in [0.1, 0.15) is 0 Å². The fourth-order valence-corrected chi connectivity index (χ4v) is 3.13. The Labute approximate surface area is 122 Å². The van der Waals surface area contributed by atoms with Gasteiger partial charge in [0.15, 0.2) is 11.5 Å². The molecule has 4 nitrogen and oxygen atoms in total. The minimum Gasteiger partial charge on any atom is -0.504 e. The largest absolute Gasteiger partial charge is 0.504 e. The number of phenolic OH excluding ortho intramolecular Hbond substituents is 1. The van der Waals surface area contributed by atoms with Crippen molar-refractivity contribution >= 4 is 0 Å². The molecule has 1 fully saturated rings. The van der Waals surface area contributed by atoms with Crippen molar-refractivity contribution in [3.05, 3.63) is 23.8 Å². The zero-order valence-corrected chi connectivity index (χ0v) is 13.0. The molecule has 1 N–H and O–H groups in total. The molecular formula is C16H26N2O2. The summed E-state index contributed by atoms with van der Waals surface area (Å²) in [5.41, 5.74) is 1.20. The number of methoxy groups -OCH3 is 1. The zero-order chi connectivity index (χ0) is 14.7. The average Bonchev–Trinajstić information content (AvgIpc) is 2.85. The van der Waals surface area contributed by atoms with Gasteiger partial charge in [-0.3, -0.25) is 4.90 Å². The normalized spacial score (nSPS) is 21.4. The Hall–Kier alpha value is -1.26. The van der Waals surface area contributed by atoms with Crippen molar-refractivity contribution in [1.29, 1.82) is 0 Å². The quantitative estimate of drug-likeness (QED) is 0.897. The number of hydrogen-bond acceptors (Lipinski definition) is 4. The summed E-state index contributed by atoms with van der Waals surface area (Å²) in [5, 5.41) is 9.71. The highest BCUT2D eigenvalue weighted by molar-refractivity contribution is 5.42. The van der Waals surface area contributed by atoms with E-state index in [0.717, 1.165) is 13.1 Å². The molecule has 2 unspecified atom stereocenters. The second-order valence-corrected chi connectivity index (χ2v) is 5.90. The van der Waals surface area contributed by atoms with Crippen LogP contribution in [-0.2, 0) is 0 Å². The highest BCUT2D eigenvalue weighted by Crippen LogP contribution is 2.34. The van der Waals surface area contributed by atoms with Crippen LogP contribution in [0.3, 0.4) is 0 Å². The van der Waals surface area contributed by atoms with Crippen LogP contribution < -0.4 is 4.74 Å². The highest BCUT2D eigenvalue weighted by atomic mass is 16.5. The second kappa shape index (κ2) is 6.46. The third kappa shape index (κ3) is 3.25. The van der Waals surface area contributed by atoms with Crippen LogP contribution in [0.2, 0.25) is 0 Å². The molecule has 0 amide bonds. The van der Waals surface area contributed by atoms with Gasteiger partial charge in [-0.2, -0.15) is 0 Å². The van der Waals surface area contributed by atoms with Crippen LogP contribution in [0.1, 0.15) is 31.4 Å².